The van der Waals surface area contributed by atoms with Crippen LogP contribution in [0.3, 0.4) is 0 Å². The van der Waals surface area contributed by atoms with Gasteiger partial charge in [0.15, 0.2) is 0 Å². The van der Waals surface area contributed by atoms with Gasteiger partial charge in [-0.15, -0.1) is 0 Å². The first-order valence-electron chi connectivity index (χ1n) is 13.1. The predicted octanol–water partition coefficient (Wildman–Crippen LogP) is 4.61. The maximum Gasteiger partial charge on any atom is 2.00 e. The molecule has 2 aromatic rings. The van der Waals surface area contributed by atoms with E-state index in [0.717, 1.165) is 69.7 Å². The summed E-state index contributed by atoms with van der Waals surface area (Å²) in [7, 11) is 2.32. The van der Waals surface area contributed by atoms with Crippen LogP contribution >= 0.6 is 0 Å². The molecule has 4 atom stereocenters. The van der Waals surface area contributed by atoms with Crippen LogP contribution < -0.4 is 0 Å². The monoisotopic (exact) mass is 640 g/mol. The average Bonchev–Trinajstić information content (AvgIpc) is 3.32. The predicted molar refractivity (Wildman–Crippen MR) is 142 cm³/mol. The van der Waals surface area contributed by atoms with Crippen molar-refractivity contribution in [1.29, 1.82) is 0 Å². The number of amides is 4. The van der Waals surface area contributed by atoms with Gasteiger partial charge < -0.3 is 45.3 Å². The number of hydrogen-bond acceptors (Lipinski definition) is 7. The smallest absolute Gasteiger partial charge is 0.632 e. The van der Waals surface area contributed by atoms with Gasteiger partial charge >= 0.3 is 37.1 Å². The quantitative estimate of drug-likeness (QED) is 0.450. The Bertz CT molecular complexity index is 1190. The second-order valence-electron chi connectivity index (χ2n) is 10.7. The van der Waals surface area contributed by atoms with Gasteiger partial charge in [0.2, 0.25) is 12.2 Å². The third kappa shape index (κ3) is 8.22. The van der Waals surface area contributed by atoms with Crippen LogP contribution in [0.15, 0.2) is 18.2 Å². The summed E-state index contributed by atoms with van der Waals surface area (Å²) in [5.74, 6) is 1.41. The Morgan fingerprint density at radius 2 is 1.76 bits per heavy atom. The molecule has 12 nitrogen and oxygen atoms in total. The number of rotatable bonds is 6. The fraction of sp³-hybridized carbons (Fsp3) is 0.593. The minimum absolute atomic E-state index is 0. The molecule has 1 spiro atoms. The summed E-state index contributed by atoms with van der Waals surface area (Å²) < 4.78 is 7.56. The SMILES string of the molecule is COC([NH-])=O.COC([NH-])=O.O=[C-]N1CC2(CC2)C[C@H]1CCc1ccc2nc([C@@H]3C4CCC(C4)N3[C-]=O)[nH]c2c1.[V+2].[V+2]. The van der Waals surface area contributed by atoms with E-state index in [9.17, 15) is 19.2 Å². The van der Waals surface area contributed by atoms with E-state index in [2.05, 4.69) is 45.5 Å². The first-order valence-corrected chi connectivity index (χ1v) is 13.1. The van der Waals surface area contributed by atoms with Gasteiger partial charge in [-0.1, -0.05) is 6.07 Å². The number of imidazole rings is 1. The number of nitrogens with one attached hydrogen (secondary N) is 3. The number of carbonyl (C=O) groups is 2. The number of hydrogen-bond donors (Lipinski definition) is 1. The molecule has 2 aliphatic carbocycles. The number of likely N-dealkylation sites (tertiary alicyclic amines) is 2. The number of methoxy groups -OCH3 is 2. The van der Waals surface area contributed by atoms with Gasteiger partial charge in [-0.2, -0.15) is 12.8 Å². The van der Waals surface area contributed by atoms with E-state index < -0.39 is 12.2 Å². The van der Waals surface area contributed by atoms with Crippen molar-refractivity contribution in [3.8, 4) is 0 Å². The fourth-order valence-electron chi connectivity index (χ4n) is 6.25. The van der Waals surface area contributed by atoms with Gasteiger partial charge in [-0.05, 0) is 86.9 Å². The molecule has 2 saturated heterocycles. The Morgan fingerprint density at radius 3 is 2.32 bits per heavy atom. The number of aromatic amines is 1. The maximum absolute atomic E-state index is 11.5. The fourth-order valence-corrected chi connectivity index (χ4v) is 6.25. The number of benzene rings is 1. The molecule has 3 heterocycles. The summed E-state index contributed by atoms with van der Waals surface area (Å²) in [6.07, 6.45) is 11.3. The molecule has 41 heavy (non-hydrogen) atoms. The summed E-state index contributed by atoms with van der Waals surface area (Å²) >= 11 is 0. The molecule has 4 aliphatic rings. The number of aryl methyl sites for hydroxylation is 1. The molecule has 4 fully saturated rings. The number of carbonyl (C=O) groups excluding carboxylic acids is 4. The molecule has 1 aromatic heterocycles. The van der Waals surface area contributed by atoms with Gasteiger partial charge in [-0.3, -0.25) is 9.59 Å². The number of nitrogens with zero attached hydrogens (tertiary/aromatic N) is 3. The van der Waals surface area contributed by atoms with E-state index in [1.165, 1.54) is 24.8 Å². The van der Waals surface area contributed by atoms with Crippen LogP contribution in [0.2, 0.25) is 0 Å². The third-order valence-electron chi connectivity index (χ3n) is 8.36. The molecule has 3 N–H and O–H groups in total. The van der Waals surface area contributed by atoms with Gasteiger partial charge in [0.1, 0.15) is 5.82 Å². The zero-order chi connectivity index (χ0) is 28.2. The Balaban J connectivity index is 0.000000428. The number of piperidine rings is 1. The Morgan fingerprint density at radius 1 is 1.10 bits per heavy atom. The molecule has 2 aliphatic heterocycles. The molecule has 6 rings (SSSR count). The van der Waals surface area contributed by atoms with Crippen molar-refractivity contribution in [1.82, 2.24) is 19.8 Å². The van der Waals surface area contributed by atoms with Crippen molar-refractivity contribution in [2.24, 2.45) is 11.3 Å². The molecule has 2 unspecified atom stereocenters. The normalized spacial score (nSPS) is 24.1. The third-order valence-corrected chi connectivity index (χ3v) is 8.36. The maximum atomic E-state index is 11.5. The van der Waals surface area contributed by atoms with Crippen LogP contribution in [0, 0.1) is 11.3 Å². The Labute approximate surface area is 263 Å². The van der Waals surface area contributed by atoms with Crippen molar-refractivity contribution < 1.29 is 65.8 Å². The molecule has 2 saturated carbocycles. The van der Waals surface area contributed by atoms with E-state index in [1.54, 1.807) is 0 Å². The molecule has 218 valence electrons. The van der Waals surface area contributed by atoms with Gasteiger partial charge in [-0.25, -0.2) is 4.98 Å². The summed E-state index contributed by atoms with van der Waals surface area (Å²) in [4.78, 5) is 53.4. The van der Waals surface area contributed by atoms with Crippen molar-refractivity contribution in [3.63, 3.8) is 0 Å². The second kappa shape index (κ2) is 15.0. The van der Waals surface area contributed by atoms with E-state index in [-0.39, 0.29) is 43.2 Å². The summed E-state index contributed by atoms with van der Waals surface area (Å²) in [6, 6.07) is 7.12. The minimum atomic E-state index is -0.995. The van der Waals surface area contributed by atoms with Gasteiger partial charge in [0.25, 0.3) is 0 Å². The standard InChI is InChI=1S/C23H26N4O2.2C2H5NO2.2V/c28-13-26-12-23(7-8-23)11-18(26)4-1-15-2-6-19-20(9-15)25-22(24-19)21-16-3-5-17(10-16)27(21)14-29;2*1-5-2(3)4;;/h2,6,9,16-18,21H,1,3-5,7-8,10-12H2,(H,24,25);2*1H3,(H2,3,4);;/q-2;;;2*+2/p-2/t16?,17?,18-,21+;;;;/m1..../s1. The van der Waals surface area contributed by atoms with Crippen molar-refractivity contribution in [2.75, 3.05) is 20.8 Å². The largest absolute Gasteiger partial charge is 2.00 e. The van der Waals surface area contributed by atoms with Crippen LogP contribution in [0.25, 0.3) is 22.5 Å². The zero-order valence-electron chi connectivity index (χ0n) is 23.1. The topological polar surface area (TPSA) is 169 Å². The van der Waals surface area contributed by atoms with Crippen LogP contribution in [-0.4, -0.2) is 77.6 Å². The first kappa shape index (κ1) is 34.5. The molecular formula is C27H34N6O6V2. The van der Waals surface area contributed by atoms with E-state index in [0.29, 0.717) is 23.4 Å². The first-order chi connectivity index (χ1) is 18.7. The number of ether oxygens (including phenoxy) is 2. The molecule has 14 heteroatoms. The van der Waals surface area contributed by atoms with E-state index in [1.807, 2.05) is 9.80 Å². The summed E-state index contributed by atoms with van der Waals surface area (Å²) in [5.41, 5.74) is 15.6. The zero-order valence-corrected chi connectivity index (χ0v) is 25.9. The molecule has 2 bridgehead atoms. The van der Waals surface area contributed by atoms with Crippen LogP contribution in [-0.2, 0) is 62.6 Å². The average molecular weight is 640 g/mol. The Kier molecular flexibility index (Phi) is 12.6. The van der Waals surface area contributed by atoms with E-state index in [4.69, 9.17) is 16.5 Å². The van der Waals surface area contributed by atoms with Gasteiger partial charge in [0, 0.05) is 12.1 Å². The summed E-state index contributed by atoms with van der Waals surface area (Å²) in [6.45, 7) is 0.901. The van der Waals surface area contributed by atoms with Crippen LogP contribution in [0.5, 0.6) is 0 Å². The number of fused-ring (bicyclic) bond motifs is 3. The van der Waals surface area contributed by atoms with E-state index >= 15 is 0 Å². The van der Waals surface area contributed by atoms with Crippen molar-refractivity contribution in [3.05, 3.63) is 41.1 Å². The van der Waals surface area contributed by atoms with Gasteiger partial charge in [0.05, 0.1) is 31.3 Å². The number of aromatic nitrogens is 2. The second-order valence-corrected chi connectivity index (χ2v) is 10.7. The molecule has 1 aromatic carbocycles. The number of H-pyrrole nitrogens is 1. The van der Waals surface area contributed by atoms with Crippen LogP contribution in [0.1, 0.15) is 62.4 Å². The van der Waals surface area contributed by atoms with Crippen LogP contribution in [0.4, 0.5) is 9.59 Å². The minimum Gasteiger partial charge on any atom is -0.632 e. The van der Waals surface area contributed by atoms with Crippen molar-refractivity contribution >= 4 is 36.0 Å². The molecule has 2 radical (unpaired) electrons. The van der Waals surface area contributed by atoms with Crippen molar-refractivity contribution in [2.45, 2.75) is 69.5 Å². The molecular weight excluding hydrogens is 606 g/mol. The molecule has 4 amide bonds. The summed E-state index contributed by atoms with van der Waals surface area (Å²) in [5, 5.41) is 0. The Hall–Kier alpha value is -2.66.